The molecule has 0 saturated carbocycles. The van der Waals surface area contributed by atoms with Crippen molar-refractivity contribution in [2.75, 3.05) is 47.5 Å². The Balaban J connectivity index is 3.99. The standard InChI is InChI=1S/C82H146NO8P/c1-6-8-10-12-14-16-18-20-22-24-26-28-30-32-34-36-38-39-40-41-42-43-45-47-49-51-53-55-57-59-61-63-65-67-69-71-73-75-82(85)91-80(79-90-92(86,87)89-77-76-83(3,4)5)78-88-81(84)74-72-70-68-66-64-62-60-58-56-54-52-50-48-46-44-37-35-33-31-29-27-25-23-21-19-17-15-13-11-9-7-2/h8,10,14,16,19-22,25-28,32,34,38-39,41-42,80H,6-7,9,11-13,15,17-18,23-24,29-31,33,35-37,40,43-79H2,1-5H3/b10-8-,16-14-,21-19-,22-20-,27-25-,28-26-,34-32-,39-38-,42-41-. The zero-order valence-corrected chi connectivity index (χ0v) is 61.6. The van der Waals surface area contributed by atoms with Crippen molar-refractivity contribution in [1.29, 1.82) is 0 Å². The van der Waals surface area contributed by atoms with E-state index in [0.29, 0.717) is 17.4 Å². The number of hydrogen-bond acceptors (Lipinski definition) is 8. The molecule has 0 rings (SSSR count). The van der Waals surface area contributed by atoms with E-state index in [1.165, 1.54) is 225 Å². The van der Waals surface area contributed by atoms with E-state index in [4.69, 9.17) is 18.5 Å². The van der Waals surface area contributed by atoms with Gasteiger partial charge in [0.2, 0.25) is 0 Å². The monoisotopic (exact) mass is 1300 g/mol. The second-order valence-corrected chi connectivity index (χ2v) is 28.4. The number of rotatable bonds is 71. The molecule has 0 radical (unpaired) electrons. The summed E-state index contributed by atoms with van der Waals surface area (Å²) in [7, 11) is 1.17. The molecule has 0 amide bonds. The first kappa shape index (κ1) is 88.7. The number of ether oxygens (including phenoxy) is 2. The molecular weight excluding hydrogens is 1160 g/mol. The molecule has 9 nitrogen and oxygen atoms in total. The van der Waals surface area contributed by atoms with E-state index in [1.54, 1.807) is 0 Å². The molecule has 0 aromatic carbocycles. The molecule has 2 unspecified atom stereocenters. The highest BCUT2D eigenvalue weighted by Gasteiger charge is 2.22. The van der Waals surface area contributed by atoms with E-state index in [0.717, 1.165) is 89.9 Å². The van der Waals surface area contributed by atoms with Gasteiger partial charge in [0, 0.05) is 12.8 Å². The third kappa shape index (κ3) is 75.7. The third-order valence-electron chi connectivity index (χ3n) is 16.8. The molecular formula is C82H146NO8P. The number of unbranched alkanes of at least 4 members (excludes halogenated alkanes) is 39. The number of nitrogens with zero attached hydrogens (tertiary/aromatic N) is 1. The Kier molecular flexibility index (Phi) is 69.3. The number of likely N-dealkylation sites (N-methyl/N-ethyl adjacent to an activating group) is 1. The third-order valence-corrected chi connectivity index (χ3v) is 17.7. The van der Waals surface area contributed by atoms with Crippen molar-refractivity contribution >= 4 is 19.8 Å². The lowest BCUT2D eigenvalue weighted by molar-refractivity contribution is -0.870. The lowest BCUT2D eigenvalue weighted by Crippen LogP contribution is -2.37. The van der Waals surface area contributed by atoms with Gasteiger partial charge in [-0.05, 0) is 103 Å². The van der Waals surface area contributed by atoms with Crippen molar-refractivity contribution in [3.8, 4) is 0 Å². The van der Waals surface area contributed by atoms with Gasteiger partial charge >= 0.3 is 11.9 Å². The number of quaternary nitrogens is 1. The molecule has 0 saturated heterocycles. The van der Waals surface area contributed by atoms with Crippen LogP contribution in [0.15, 0.2) is 109 Å². The Morgan fingerprint density at radius 2 is 0.620 bits per heavy atom. The number of carbonyl (C=O) groups excluding carboxylic acids is 2. The highest BCUT2D eigenvalue weighted by atomic mass is 31.2. The number of carbonyl (C=O) groups is 2. The second-order valence-electron chi connectivity index (χ2n) is 27.0. The van der Waals surface area contributed by atoms with Gasteiger partial charge in [-0.2, -0.15) is 0 Å². The minimum Gasteiger partial charge on any atom is -0.756 e. The predicted molar refractivity (Wildman–Crippen MR) is 397 cm³/mol. The number of phosphoric acid groups is 1. The lowest BCUT2D eigenvalue weighted by Gasteiger charge is -2.28. The molecule has 0 aromatic rings. The van der Waals surface area contributed by atoms with Crippen LogP contribution in [0.25, 0.3) is 0 Å². The Bertz CT molecular complexity index is 1920. The molecule has 0 aliphatic rings. The van der Waals surface area contributed by atoms with E-state index in [1.807, 2.05) is 21.1 Å². The van der Waals surface area contributed by atoms with Crippen molar-refractivity contribution in [3.63, 3.8) is 0 Å². The first-order valence-electron chi connectivity index (χ1n) is 38.6. The summed E-state index contributed by atoms with van der Waals surface area (Å²) < 4.78 is 34.4. The fraction of sp³-hybridized carbons (Fsp3) is 0.756. The van der Waals surface area contributed by atoms with Gasteiger partial charge in [0.25, 0.3) is 7.82 Å². The molecule has 0 spiro atoms. The highest BCUT2D eigenvalue weighted by Crippen LogP contribution is 2.38. The molecule has 2 atom stereocenters. The topological polar surface area (TPSA) is 111 Å². The molecule has 92 heavy (non-hydrogen) atoms. The maximum absolute atomic E-state index is 12.9. The van der Waals surface area contributed by atoms with Crippen LogP contribution in [0.4, 0.5) is 0 Å². The first-order valence-corrected chi connectivity index (χ1v) is 40.1. The summed E-state index contributed by atoms with van der Waals surface area (Å²) in [6, 6.07) is 0. The molecule has 10 heteroatoms. The van der Waals surface area contributed by atoms with Crippen LogP contribution >= 0.6 is 7.82 Å². The van der Waals surface area contributed by atoms with Gasteiger partial charge in [0.15, 0.2) is 6.10 Å². The SMILES string of the molecule is CC/C=C\C/C=C\C/C=C\C/C=C\C/C=C\C/C=C\C/C=C\CCCCCCCCCCCCCCCCCC(=O)OC(COC(=O)CCCCCCCCCCCCCCCCCCCCC/C=C\C/C=C\CCCCCCC)COP(=O)([O-])OCC[N+](C)(C)C. The summed E-state index contributed by atoms with van der Waals surface area (Å²) in [5.41, 5.74) is 0. The maximum atomic E-state index is 12.9. The van der Waals surface area contributed by atoms with Gasteiger partial charge in [-0.25, -0.2) is 0 Å². The van der Waals surface area contributed by atoms with E-state index in [9.17, 15) is 19.0 Å². The van der Waals surface area contributed by atoms with Crippen LogP contribution in [0.3, 0.4) is 0 Å². The number of hydrogen-bond donors (Lipinski definition) is 0. The van der Waals surface area contributed by atoms with Crippen molar-refractivity contribution < 1.29 is 42.1 Å². The lowest BCUT2D eigenvalue weighted by atomic mass is 10.0. The zero-order chi connectivity index (χ0) is 66.9. The van der Waals surface area contributed by atoms with Gasteiger partial charge in [0.05, 0.1) is 27.7 Å². The van der Waals surface area contributed by atoms with Crippen LogP contribution < -0.4 is 4.89 Å². The van der Waals surface area contributed by atoms with E-state index < -0.39 is 26.5 Å². The molecule has 0 aliphatic carbocycles. The number of allylic oxidation sites excluding steroid dienone is 18. The van der Waals surface area contributed by atoms with Crippen molar-refractivity contribution in [1.82, 2.24) is 0 Å². The Morgan fingerprint density at radius 1 is 0.348 bits per heavy atom. The Hall–Kier alpha value is -3.33. The summed E-state index contributed by atoms with van der Waals surface area (Å²) >= 11 is 0. The average molecular weight is 1310 g/mol. The smallest absolute Gasteiger partial charge is 0.306 e. The molecule has 0 heterocycles. The van der Waals surface area contributed by atoms with Crippen molar-refractivity contribution in [3.05, 3.63) is 109 Å². The number of phosphoric ester groups is 1. The van der Waals surface area contributed by atoms with Crippen molar-refractivity contribution in [2.24, 2.45) is 0 Å². The van der Waals surface area contributed by atoms with Crippen LogP contribution in [-0.2, 0) is 32.7 Å². The Morgan fingerprint density at radius 3 is 0.924 bits per heavy atom. The fourth-order valence-corrected chi connectivity index (χ4v) is 11.6. The van der Waals surface area contributed by atoms with Crippen LogP contribution in [0, 0.1) is 0 Å². The predicted octanol–water partition coefficient (Wildman–Crippen LogP) is 25.0. The van der Waals surface area contributed by atoms with Crippen LogP contribution in [0.5, 0.6) is 0 Å². The van der Waals surface area contributed by atoms with E-state index >= 15 is 0 Å². The van der Waals surface area contributed by atoms with Gasteiger partial charge < -0.3 is 27.9 Å². The fourth-order valence-electron chi connectivity index (χ4n) is 10.9. The second kappa shape index (κ2) is 72.0. The van der Waals surface area contributed by atoms with Crippen molar-refractivity contribution in [2.45, 2.75) is 354 Å². The van der Waals surface area contributed by atoms with E-state index in [-0.39, 0.29) is 32.0 Å². The largest absolute Gasteiger partial charge is 0.756 e. The van der Waals surface area contributed by atoms with Gasteiger partial charge in [0.1, 0.15) is 19.8 Å². The summed E-state index contributed by atoms with van der Waals surface area (Å²) in [5.74, 6) is -0.822. The number of esters is 2. The maximum Gasteiger partial charge on any atom is 0.306 e. The van der Waals surface area contributed by atoms with E-state index in [2.05, 4.69) is 123 Å². The van der Waals surface area contributed by atoms with Crippen LogP contribution in [0.2, 0.25) is 0 Å². The highest BCUT2D eigenvalue weighted by molar-refractivity contribution is 7.45. The first-order chi connectivity index (χ1) is 45.0. The van der Waals surface area contributed by atoms with Gasteiger partial charge in [-0.15, -0.1) is 0 Å². The summed E-state index contributed by atoms with van der Waals surface area (Å²) in [6.45, 7) is 4.16. The minimum atomic E-state index is -4.65. The molecule has 0 N–H and O–H groups in total. The summed E-state index contributed by atoms with van der Waals surface area (Å²) in [6.07, 6.45) is 102. The van der Waals surface area contributed by atoms with Crippen LogP contribution in [0.1, 0.15) is 348 Å². The van der Waals surface area contributed by atoms with Gasteiger partial charge in [-0.3, -0.25) is 14.2 Å². The molecule has 532 valence electrons. The molecule has 0 fully saturated rings. The molecule has 0 bridgehead atoms. The normalized spacial score (nSPS) is 13.7. The average Bonchev–Trinajstić information content (AvgIpc) is 2.34. The van der Waals surface area contributed by atoms with Crippen LogP contribution in [-0.4, -0.2) is 70.0 Å². The molecule has 0 aliphatic heterocycles. The quantitative estimate of drug-likeness (QED) is 0.0195. The summed E-state index contributed by atoms with van der Waals surface area (Å²) in [4.78, 5) is 38.2. The van der Waals surface area contributed by atoms with Gasteiger partial charge in [-0.1, -0.05) is 342 Å². The zero-order valence-electron chi connectivity index (χ0n) is 60.7. The minimum absolute atomic E-state index is 0.0325. The summed E-state index contributed by atoms with van der Waals surface area (Å²) in [5, 5.41) is 0. The molecule has 0 aromatic heterocycles. The Labute approximate surface area is 569 Å².